The number of aryl methyl sites for hydroxylation is 2. The maximum Gasteiger partial charge on any atom is 0.252 e. The van der Waals surface area contributed by atoms with Crippen molar-refractivity contribution in [2.24, 2.45) is 0 Å². The Morgan fingerprint density at radius 3 is 2.55 bits per heavy atom. The molecule has 4 rings (SSSR count). The molecule has 144 valence electrons. The monoisotopic (exact) mass is 383 g/mol. The zero-order chi connectivity index (χ0) is 20.4. The molecular formula is C24H21N3O2. The molecule has 2 aromatic heterocycles. The topological polar surface area (TPSA) is 74.8 Å². The smallest absolute Gasteiger partial charge is 0.252 e. The lowest BCUT2D eigenvalue weighted by Gasteiger charge is -2.21. The third kappa shape index (κ3) is 3.80. The molecule has 0 bridgehead atoms. The van der Waals surface area contributed by atoms with Crippen LogP contribution in [-0.4, -0.2) is 15.9 Å². The normalized spacial score (nSPS) is 11.9. The lowest BCUT2D eigenvalue weighted by Crippen LogP contribution is -2.30. The molecule has 0 aliphatic carbocycles. The van der Waals surface area contributed by atoms with Crippen LogP contribution in [0, 0.1) is 13.8 Å². The van der Waals surface area contributed by atoms with E-state index >= 15 is 0 Å². The SMILES string of the molecule is Cc1ccc([C@H](NC(=O)c2cc(=O)[nH]c3ccccc23)c2cccnc2)cc1C. The summed E-state index contributed by atoms with van der Waals surface area (Å²) >= 11 is 0. The molecule has 0 saturated carbocycles. The van der Waals surface area contributed by atoms with Gasteiger partial charge < -0.3 is 10.3 Å². The minimum Gasteiger partial charge on any atom is -0.341 e. The Bertz CT molecular complexity index is 1250. The van der Waals surface area contributed by atoms with Crippen LogP contribution in [-0.2, 0) is 0 Å². The molecular weight excluding hydrogens is 362 g/mol. The maximum atomic E-state index is 13.2. The molecule has 1 atom stereocenters. The highest BCUT2D eigenvalue weighted by Crippen LogP contribution is 2.25. The zero-order valence-electron chi connectivity index (χ0n) is 16.3. The number of rotatable bonds is 4. The van der Waals surface area contributed by atoms with E-state index in [1.165, 1.54) is 11.6 Å². The number of nitrogens with zero attached hydrogens (tertiary/aromatic N) is 1. The molecule has 5 nitrogen and oxygen atoms in total. The number of pyridine rings is 2. The number of fused-ring (bicyclic) bond motifs is 1. The number of amides is 1. The number of hydrogen-bond donors (Lipinski definition) is 2. The number of carbonyl (C=O) groups excluding carboxylic acids is 1. The van der Waals surface area contributed by atoms with Crippen molar-refractivity contribution in [3.8, 4) is 0 Å². The van der Waals surface area contributed by atoms with Crippen LogP contribution in [0.2, 0.25) is 0 Å². The Kier molecular flexibility index (Phi) is 4.96. The Hall–Kier alpha value is -3.73. The fourth-order valence-corrected chi connectivity index (χ4v) is 3.45. The van der Waals surface area contributed by atoms with Gasteiger partial charge in [0.05, 0.1) is 11.6 Å². The second-order valence-corrected chi connectivity index (χ2v) is 7.13. The highest BCUT2D eigenvalue weighted by atomic mass is 16.2. The van der Waals surface area contributed by atoms with Crippen LogP contribution >= 0.6 is 0 Å². The first kappa shape index (κ1) is 18.6. The Labute approximate surface area is 168 Å². The minimum atomic E-state index is -0.381. The van der Waals surface area contributed by atoms with Gasteiger partial charge in [0, 0.05) is 29.4 Å². The number of aromatic nitrogens is 2. The molecule has 1 amide bonds. The van der Waals surface area contributed by atoms with Crippen molar-refractivity contribution in [1.29, 1.82) is 0 Å². The molecule has 2 heterocycles. The van der Waals surface area contributed by atoms with Gasteiger partial charge in [0.1, 0.15) is 0 Å². The van der Waals surface area contributed by atoms with Gasteiger partial charge in [-0.05, 0) is 48.2 Å². The van der Waals surface area contributed by atoms with E-state index in [1.54, 1.807) is 18.5 Å². The number of nitrogens with one attached hydrogen (secondary N) is 2. The van der Waals surface area contributed by atoms with Crippen molar-refractivity contribution >= 4 is 16.8 Å². The minimum absolute atomic E-state index is 0.306. The molecule has 0 fully saturated rings. The molecule has 29 heavy (non-hydrogen) atoms. The first-order chi connectivity index (χ1) is 14.0. The standard InChI is InChI=1S/C24H21N3O2/c1-15-9-10-17(12-16(15)2)23(18-6-5-11-25-14-18)27-24(29)20-13-22(28)26-21-8-4-3-7-19(20)21/h3-14,23H,1-2H3,(H,26,28)(H,27,29)/t23-/m0/s1. The average molecular weight is 383 g/mol. The summed E-state index contributed by atoms with van der Waals surface area (Å²) in [4.78, 5) is 32.3. The lowest BCUT2D eigenvalue weighted by molar-refractivity contribution is 0.0944. The molecule has 0 aliphatic heterocycles. The molecule has 0 spiro atoms. The van der Waals surface area contributed by atoms with Gasteiger partial charge >= 0.3 is 0 Å². The summed E-state index contributed by atoms with van der Waals surface area (Å²) < 4.78 is 0. The maximum absolute atomic E-state index is 13.2. The van der Waals surface area contributed by atoms with Gasteiger partial charge in [-0.25, -0.2) is 0 Å². The molecule has 4 aromatic rings. The Balaban J connectivity index is 1.78. The highest BCUT2D eigenvalue weighted by Gasteiger charge is 2.20. The fourth-order valence-electron chi connectivity index (χ4n) is 3.45. The van der Waals surface area contributed by atoms with Crippen molar-refractivity contribution in [3.63, 3.8) is 0 Å². The number of para-hydroxylation sites is 1. The predicted octanol–water partition coefficient (Wildman–Crippen LogP) is 4.06. The summed E-state index contributed by atoms with van der Waals surface area (Å²) in [7, 11) is 0. The van der Waals surface area contributed by atoms with Gasteiger partial charge in [0.25, 0.3) is 5.91 Å². The average Bonchev–Trinajstić information content (AvgIpc) is 2.74. The number of carbonyl (C=O) groups is 1. The van der Waals surface area contributed by atoms with Crippen LogP contribution in [0.4, 0.5) is 0 Å². The third-order valence-corrected chi connectivity index (χ3v) is 5.15. The van der Waals surface area contributed by atoms with E-state index in [9.17, 15) is 9.59 Å². The van der Waals surface area contributed by atoms with Crippen molar-refractivity contribution < 1.29 is 4.79 Å². The second kappa shape index (κ2) is 7.72. The van der Waals surface area contributed by atoms with Crippen LogP contribution in [0.25, 0.3) is 10.9 Å². The number of aromatic amines is 1. The summed E-state index contributed by atoms with van der Waals surface area (Å²) in [6, 6.07) is 18.2. The zero-order valence-corrected chi connectivity index (χ0v) is 16.3. The van der Waals surface area contributed by atoms with E-state index in [1.807, 2.05) is 49.4 Å². The fraction of sp³-hybridized carbons (Fsp3) is 0.125. The van der Waals surface area contributed by atoms with Crippen molar-refractivity contribution in [2.75, 3.05) is 0 Å². The van der Waals surface area contributed by atoms with Gasteiger partial charge in [-0.2, -0.15) is 0 Å². The first-order valence-electron chi connectivity index (χ1n) is 9.43. The Morgan fingerprint density at radius 1 is 0.966 bits per heavy atom. The summed E-state index contributed by atoms with van der Waals surface area (Å²) in [6.07, 6.45) is 3.45. The van der Waals surface area contributed by atoms with Crippen molar-refractivity contribution in [2.45, 2.75) is 19.9 Å². The third-order valence-electron chi connectivity index (χ3n) is 5.15. The molecule has 0 saturated heterocycles. The predicted molar refractivity (Wildman–Crippen MR) is 114 cm³/mol. The van der Waals surface area contributed by atoms with Gasteiger partial charge in [0.15, 0.2) is 0 Å². The van der Waals surface area contributed by atoms with Crippen molar-refractivity contribution in [1.82, 2.24) is 15.3 Å². The van der Waals surface area contributed by atoms with Crippen LogP contribution < -0.4 is 10.9 Å². The highest BCUT2D eigenvalue weighted by molar-refractivity contribution is 6.06. The molecule has 2 aromatic carbocycles. The van der Waals surface area contributed by atoms with Crippen molar-refractivity contribution in [3.05, 3.63) is 111 Å². The number of benzene rings is 2. The number of H-pyrrole nitrogens is 1. The quantitative estimate of drug-likeness (QED) is 0.558. The van der Waals surface area contributed by atoms with Crippen LogP contribution in [0.15, 0.2) is 77.9 Å². The van der Waals surface area contributed by atoms with Crippen LogP contribution in [0.1, 0.15) is 38.7 Å². The molecule has 0 aliphatic rings. The van der Waals surface area contributed by atoms with Gasteiger partial charge in [-0.1, -0.05) is 42.5 Å². The van der Waals surface area contributed by atoms with E-state index in [0.29, 0.717) is 16.5 Å². The van der Waals surface area contributed by atoms with Crippen LogP contribution in [0.5, 0.6) is 0 Å². The van der Waals surface area contributed by atoms with E-state index in [0.717, 1.165) is 16.7 Å². The first-order valence-corrected chi connectivity index (χ1v) is 9.43. The lowest BCUT2D eigenvalue weighted by atomic mass is 9.96. The molecule has 5 heteroatoms. The number of hydrogen-bond acceptors (Lipinski definition) is 3. The molecule has 0 unspecified atom stereocenters. The molecule has 2 N–H and O–H groups in total. The van der Waals surface area contributed by atoms with E-state index in [-0.39, 0.29) is 17.5 Å². The van der Waals surface area contributed by atoms with E-state index in [4.69, 9.17) is 0 Å². The Morgan fingerprint density at radius 2 is 1.79 bits per heavy atom. The summed E-state index contributed by atoms with van der Waals surface area (Å²) in [5.74, 6) is -0.306. The molecule has 0 radical (unpaired) electrons. The van der Waals surface area contributed by atoms with Gasteiger partial charge in [-0.3, -0.25) is 14.6 Å². The van der Waals surface area contributed by atoms with E-state index in [2.05, 4.69) is 28.3 Å². The summed E-state index contributed by atoms with van der Waals surface area (Å²) in [6.45, 7) is 4.10. The largest absolute Gasteiger partial charge is 0.341 e. The van der Waals surface area contributed by atoms with Gasteiger partial charge in [-0.15, -0.1) is 0 Å². The van der Waals surface area contributed by atoms with Crippen LogP contribution in [0.3, 0.4) is 0 Å². The van der Waals surface area contributed by atoms with Gasteiger partial charge in [0.2, 0.25) is 5.56 Å². The van der Waals surface area contributed by atoms with E-state index < -0.39 is 0 Å². The second-order valence-electron chi connectivity index (χ2n) is 7.13. The summed E-state index contributed by atoms with van der Waals surface area (Å²) in [5.41, 5.74) is 4.84. The summed E-state index contributed by atoms with van der Waals surface area (Å²) in [5, 5.41) is 3.80.